The van der Waals surface area contributed by atoms with Crippen LogP contribution in [0.4, 0.5) is 4.79 Å². The second-order valence-electron chi connectivity index (χ2n) is 6.81. The van der Waals surface area contributed by atoms with Crippen LogP contribution in [0.15, 0.2) is 42.5 Å². The van der Waals surface area contributed by atoms with Crippen molar-refractivity contribution in [3.8, 4) is 0 Å². The fraction of sp³-hybridized carbons (Fsp3) is 0.200. The Hall–Kier alpha value is -2.70. The molecule has 3 amide bonds. The number of fused-ring (bicyclic) bond motifs is 1. The van der Waals surface area contributed by atoms with Crippen molar-refractivity contribution in [2.45, 2.75) is 25.9 Å². The fourth-order valence-corrected chi connectivity index (χ4v) is 4.02. The number of urea groups is 1. The lowest BCUT2D eigenvalue weighted by Gasteiger charge is -2.23. The summed E-state index contributed by atoms with van der Waals surface area (Å²) in [6.07, 6.45) is 0. The summed E-state index contributed by atoms with van der Waals surface area (Å²) in [5.74, 6) is -0.0257. The first-order chi connectivity index (χ1) is 13.3. The summed E-state index contributed by atoms with van der Waals surface area (Å²) in [6.45, 7) is 3.46. The second-order valence-corrected chi connectivity index (χ2v) is 7.66. The predicted octanol–water partition coefficient (Wildman–Crippen LogP) is 4.21. The van der Waals surface area contributed by atoms with Crippen molar-refractivity contribution in [1.82, 2.24) is 20.2 Å². The first-order valence-corrected chi connectivity index (χ1v) is 9.37. The average molecular weight is 415 g/mol. The number of rotatable bonds is 3. The number of carbonyl (C=O) groups is 2. The highest BCUT2D eigenvalue weighted by Gasteiger charge is 2.50. The highest BCUT2D eigenvalue weighted by Crippen LogP contribution is 2.35. The van der Waals surface area contributed by atoms with E-state index in [2.05, 4.69) is 15.3 Å². The molecule has 1 N–H and O–H groups in total. The van der Waals surface area contributed by atoms with E-state index < -0.39 is 17.5 Å². The topological polar surface area (TPSA) is 75.2 Å². The number of benzene rings is 2. The monoisotopic (exact) mass is 414 g/mol. The number of nitrogens with one attached hydrogen (secondary N) is 1. The van der Waals surface area contributed by atoms with Gasteiger partial charge in [0.25, 0.3) is 5.91 Å². The number of nitrogens with zero attached hydrogens (tertiary/aromatic N) is 3. The van der Waals surface area contributed by atoms with Crippen molar-refractivity contribution >= 4 is 46.0 Å². The Labute approximate surface area is 171 Å². The minimum Gasteiger partial charge on any atom is -0.319 e. The Balaban J connectivity index is 1.68. The fourth-order valence-electron chi connectivity index (χ4n) is 3.43. The Bertz CT molecular complexity index is 1130. The van der Waals surface area contributed by atoms with Crippen LogP contribution in [-0.2, 0) is 16.9 Å². The van der Waals surface area contributed by atoms with Gasteiger partial charge < -0.3 is 5.32 Å². The van der Waals surface area contributed by atoms with Crippen LogP contribution in [0.5, 0.6) is 0 Å². The zero-order valence-corrected chi connectivity index (χ0v) is 16.7. The first-order valence-electron chi connectivity index (χ1n) is 8.61. The van der Waals surface area contributed by atoms with Crippen molar-refractivity contribution in [3.63, 3.8) is 0 Å². The molecule has 1 unspecified atom stereocenters. The molecule has 1 aliphatic heterocycles. The SMILES string of the molecule is Cc1nc(CN2C(=O)NC(C)(c3ccc(Cl)cc3Cl)C2=O)nc2ccccc12. The lowest BCUT2D eigenvalue weighted by molar-refractivity contribution is -0.131. The van der Waals surface area contributed by atoms with Crippen LogP contribution in [-0.4, -0.2) is 26.8 Å². The van der Waals surface area contributed by atoms with Crippen LogP contribution in [0.25, 0.3) is 10.9 Å². The van der Waals surface area contributed by atoms with Gasteiger partial charge in [0, 0.05) is 26.7 Å². The maximum absolute atomic E-state index is 13.1. The van der Waals surface area contributed by atoms with Crippen LogP contribution in [0.3, 0.4) is 0 Å². The average Bonchev–Trinajstić information content (AvgIpc) is 2.85. The number of carbonyl (C=O) groups excluding carboxylic acids is 2. The molecule has 4 rings (SSSR count). The normalized spacial score (nSPS) is 19.4. The largest absolute Gasteiger partial charge is 0.325 e. The molecule has 0 spiro atoms. The van der Waals surface area contributed by atoms with Gasteiger partial charge in [-0.1, -0.05) is 47.5 Å². The maximum Gasteiger partial charge on any atom is 0.325 e. The van der Waals surface area contributed by atoms with E-state index in [4.69, 9.17) is 23.2 Å². The number of aryl methyl sites for hydroxylation is 1. The van der Waals surface area contributed by atoms with E-state index in [0.29, 0.717) is 21.4 Å². The van der Waals surface area contributed by atoms with E-state index in [9.17, 15) is 9.59 Å². The van der Waals surface area contributed by atoms with E-state index in [1.807, 2.05) is 31.2 Å². The summed E-state index contributed by atoms with van der Waals surface area (Å²) in [6, 6.07) is 11.9. The first kappa shape index (κ1) is 18.7. The molecule has 1 aliphatic rings. The van der Waals surface area contributed by atoms with Crippen LogP contribution < -0.4 is 5.32 Å². The Morgan fingerprint density at radius 2 is 1.86 bits per heavy atom. The maximum atomic E-state index is 13.1. The summed E-state index contributed by atoms with van der Waals surface area (Å²) in [4.78, 5) is 35.7. The van der Waals surface area contributed by atoms with Crippen LogP contribution in [0.1, 0.15) is 24.0 Å². The lowest BCUT2D eigenvalue weighted by Crippen LogP contribution is -2.41. The zero-order chi connectivity index (χ0) is 20.1. The molecule has 0 saturated carbocycles. The molecule has 6 nitrogen and oxygen atoms in total. The van der Waals surface area contributed by atoms with Gasteiger partial charge in [0.1, 0.15) is 11.4 Å². The number of hydrogen-bond donors (Lipinski definition) is 1. The molecule has 1 fully saturated rings. The standard InChI is InChI=1S/C20H16Cl2N4O2/c1-11-13-5-3-4-6-16(13)24-17(23-11)10-26-18(27)20(2,25-19(26)28)14-8-7-12(21)9-15(14)22/h3-9H,10H2,1-2H3,(H,25,28). The third-order valence-electron chi connectivity index (χ3n) is 4.88. The van der Waals surface area contributed by atoms with Crippen LogP contribution in [0, 0.1) is 6.92 Å². The van der Waals surface area contributed by atoms with Crippen molar-refractivity contribution in [3.05, 3.63) is 69.6 Å². The molecule has 3 aromatic rings. The highest BCUT2D eigenvalue weighted by atomic mass is 35.5. The zero-order valence-electron chi connectivity index (χ0n) is 15.2. The minimum absolute atomic E-state index is 0.0306. The second kappa shape index (κ2) is 6.72. The Kier molecular flexibility index (Phi) is 4.48. The molecule has 0 aliphatic carbocycles. The highest BCUT2D eigenvalue weighted by molar-refractivity contribution is 6.35. The molecule has 2 aromatic carbocycles. The van der Waals surface area contributed by atoms with Gasteiger partial charge in [-0.2, -0.15) is 0 Å². The van der Waals surface area contributed by atoms with E-state index >= 15 is 0 Å². The Morgan fingerprint density at radius 3 is 2.61 bits per heavy atom. The number of halogens is 2. The third-order valence-corrected chi connectivity index (χ3v) is 5.43. The Morgan fingerprint density at radius 1 is 1.11 bits per heavy atom. The molecule has 8 heteroatoms. The molecular formula is C20H16Cl2N4O2. The molecule has 0 bridgehead atoms. The number of para-hydroxylation sites is 1. The van der Waals surface area contributed by atoms with Gasteiger partial charge in [0.15, 0.2) is 0 Å². The van der Waals surface area contributed by atoms with E-state index in [0.717, 1.165) is 21.5 Å². The number of amides is 3. The molecule has 28 heavy (non-hydrogen) atoms. The molecule has 142 valence electrons. The van der Waals surface area contributed by atoms with Gasteiger partial charge >= 0.3 is 6.03 Å². The molecule has 1 saturated heterocycles. The van der Waals surface area contributed by atoms with Crippen molar-refractivity contribution in [2.75, 3.05) is 0 Å². The van der Waals surface area contributed by atoms with E-state index in [1.165, 1.54) is 0 Å². The van der Waals surface area contributed by atoms with Gasteiger partial charge in [-0.15, -0.1) is 0 Å². The lowest BCUT2D eigenvalue weighted by atomic mass is 9.92. The van der Waals surface area contributed by atoms with Gasteiger partial charge in [0.2, 0.25) is 0 Å². The molecular weight excluding hydrogens is 399 g/mol. The summed E-state index contributed by atoms with van der Waals surface area (Å²) in [5.41, 5.74) is 0.747. The van der Waals surface area contributed by atoms with E-state index in [-0.39, 0.29) is 6.54 Å². The quantitative estimate of drug-likeness (QED) is 0.651. The van der Waals surface area contributed by atoms with Gasteiger partial charge in [-0.25, -0.2) is 14.8 Å². The molecule has 1 atom stereocenters. The van der Waals surface area contributed by atoms with Crippen LogP contribution in [0.2, 0.25) is 10.0 Å². The van der Waals surface area contributed by atoms with Crippen molar-refractivity contribution < 1.29 is 9.59 Å². The number of imide groups is 1. The van der Waals surface area contributed by atoms with Gasteiger partial charge in [-0.05, 0) is 32.0 Å². The van der Waals surface area contributed by atoms with Gasteiger partial charge in [0.05, 0.1) is 12.1 Å². The minimum atomic E-state index is -1.29. The molecule has 1 aromatic heterocycles. The number of hydrogen-bond acceptors (Lipinski definition) is 4. The van der Waals surface area contributed by atoms with Crippen molar-refractivity contribution in [2.24, 2.45) is 0 Å². The summed E-state index contributed by atoms with van der Waals surface area (Å²) >= 11 is 12.2. The van der Waals surface area contributed by atoms with Crippen LogP contribution >= 0.6 is 23.2 Å². The van der Waals surface area contributed by atoms with Crippen molar-refractivity contribution in [1.29, 1.82) is 0 Å². The van der Waals surface area contributed by atoms with Gasteiger partial charge in [-0.3, -0.25) is 9.69 Å². The number of aromatic nitrogens is 2. The molecule has 2 heterocycles. The summed E-state index contributed by atoms with van der Waals surface area (Å²) < 4.78 is 0. The predicted molar refractivity (Wildman–Crippen MR) is 107 cm³/mol. The summed E-state index contributed by atoms with van der Waals surface area (Å²) in [7, 11) is 0. The molecule has 0 radical (unpaired) electrons. The summed E-state index contributed by atoms with van der Waals surface area (Å²) in [5, 5.41) is 4.42. The smallest absolute Gasteiger partial charge is 0.319 e. The third kappa shape index (κ3) is 2.99. The van der Waals surface area contributed by atoms with E-state index in [1.54, 1.807) is 25.1 Å².